The predicted molar refractivity (Wildman–Crippen MR) is 73.4 cm³/mol. The van der Waals surface area contributed by atoms with Gasteiger partial charge in [-0.2, -0.15) is 4.21 Å². The summed E-state index contributed by atoms with van der Waals surface area (Å²) in [6, 6.07) is 0. The summed E-state index contributed by atoms with van der Waals surface area (Å²) in [4.78, 5) is 23.1. The van der Waals surface area contributed by atoms with Gasteiger partial charge in [0.15, 0.2) is 0 Å². The van der Waals surface area contributed by atoms with Gasteiger partial charge < -0.3 is 14.8 Å². The second-order valence-electron chi connectivity index (χ2n) is 5.33. The molecule has 1 aliphatic rings. The molecular weight excluding hydrogens is 302 g/mol. The van der Waals surface area contributed by atoms with Gasteiger partial charge in [0.2, 0.25) is 6.10 Å². The van der Waals surface area contributed by atoms with Crippen molar-refractivity contribution in [1.29, 1.82) is 0 Å². The molecule has 0 aromatic rings. The van der Waals surface area contributed by atoms with E-state index < -0.39 is 41.2 Å². The monoisotopic (exact) mass is 323 g/mol. The highest BCUT2D eigenvalue weighted by Gasteiger charge is 2.41. The van der Waals surface area contributed by atoms with E-state index in [4.69, 9.17) is 17.8 Å². The lowest BCUT2D eigenvalue weighted by atomic mass is 10.1. The summed E-state index contributed by atoms with van der Waals surface area (Å²) in [5.41, 5.74) is -0.591. The number of alkyl carbamates (subject to hydrolysis) is 1. The van der Waals surface area contributed by atoms with Crippen molar-refractivity contribution >= 4 is 23.4 Å². The Morgan fingerprint density at radius 1 is 1.29 bits per heavy atom. The Hall–Kier alpha value is -1.19. The summed E-state index contributed by atoms with van der Waals surface area (Å²) in [6.45, 7) is 7.29. The number of carbonyl (C=O) groups is 2. The van der Waals surface area contributed by atoms with E-state index in [1.54, 1.807) is 27.7 Å². The fourth-order valence-corrected chi connectivity index (χ4v) is 2.38. The zero-order valence-electron chi connectivity index (χ0n) is 12.5. The van der Waals surface area contributed by atoms with Crippen molar-refractivity contribution in [3.05, 3.63) is 0 Å². The largest absolute Gasteiger partial charge is 0.464 e. The predicted octanol–water partition coefficient (Wildman–Crippen LogP) is 0.827. The molecule has 0 saturated carbocycles. The van der Waals surface area contributed by atoms with Crippen LogP contribution in [-0.4, -0.2) is 47.2 Å². The maximum absolute atomic E-state index is 11.6. The highest BCUT2D eigenvalue weighted by atomic mass is 32.2. The molecule has 1 N–H and O–H groups in total. The summed E-state index contributed by atoms with van der Waals surface area (Å²) in [6.07, 6.45) is -2.12. The van der Waals surface area contributed by atoms with Crippen LogP contribution in [0, 0.1) is 0 Å². The quantitative estimate of drug-likeness (QED) is 0.748. The number of rotatable bonds is 5. The second-order valence-corrected chi connectivity index (χ2v) is 6.12. The van der Waals surface area contributed by atoms with E-state index in [0.717, 1.165) is 0 Å². The molecule has 0 radical (unpaired) electrons. The molecule has 1 rings (SSSR count). The smallest absolute Gasteiger partial charge is 0.407 e. The second kappa shape index (κ2) is 7.71. The van der Waals surface area contributed by atoms with Crippen LogP contribution in [0.5, 0.6) is 0 Å². The Labute approximate surface area is 126 Å². The maximum atomic E-state index is 11.6. The molecular formula is C12H21NO7S. The molecule has 1 heterocycles. The molecule has 0 spiro atoms. The van der Waals surface area contributed by atoms with E-state index in [1.807, 2.05) is 0 Å². The van der Waals surface area contributed by atoms with Gasteiger partial charge in [0.25, 0.3) is 0 Å². The first-order valence-electron chi connectivity index (χ1n) is 6.62. The Bertz CT molecular complexity index is 407. The van der Waals surface area contributed by atoms with E-state index in [0.29, 0.717) is 0 Å². The van der Waals surface area contributed by atoms with Gasteiger partial charge in [0.1, 0.15) is 11.7 Å². The first-order valence-corrected chi connectivity index (χ1v) is 7.62. The Kier molecular flexibility index (Phi) is 6.56. The molecule has 0 aromatic carbocycles. The molecule has 0 aromatic heterocycles. The van der Waals surface area contributed by atoms with Crippen molar-refractivity contribution < 1.29 is 31.6 Å². The lowest BCUT2D eigenvalue weighted by Gasteiger charge is -2.20. The van der Waals surface area contributed by atoms with Crippen molar-refractivity contribution in [2.24, 2.45) is 0 Å². The number of hydrogen-bond donors (Lipinski definition) is 1. The Balaban J connectivity index is 2.40. The average molecular weight is 323 g/mol. The summed E-state index contributed by atoms with van der Waals surface area (Å²) in [5.74, 6) is -0.634. The first-order chi connectivity index (χ1) is 9.73. The standard InChI is InChI=1S/C12H21NO7S/c1-5-17-10(14)9-8(19-21(16)20-9)6-7-13-11(15)18-12(2,3)4/h8-9H,5-7H2,1-4H3,(H,13,15)/t8-,9+,21-/m1/s1. The molecule has 9 heteroatoms. The number of amides is 1. The molecule has 1 aliphatic heterocycles. The summed E-state index contributed by atoms with van der Waals surface area (Å²) >= 11 is -1.98. The normalized spacial score (nSPS) is 25.4. The lowest BCUT2D eigenvalue weighted by Crippen LogP contribution is -2.37. The van der Waals surface area contributed by atoms with Crippen molar-refractivity contribution in [2.75, 3.05) is 13.2 Å². The SMILES string of the molecule is CCOC(=O)[C@H]1O[S@](=O)O[C@@H]1CCNC(=O)OC(C)(C)C. The summed E-state index contributed by atoms with van der Waals surface area (Å²) in [5, 5.41) is 2.52. The van der Waals surface area contributed by atoms with Gasteiger partial charge in [-0.15, -0.1) is 0 Å². The molecule has 0 aliphatic carbocycles. The zero-order chi connectivity index (χ0) is 16.0. The highest BCUT2D eigenvalue weighted by molar-refractivity contribution is 7.75. The number of carbonyl (C=O) groups excluding carboxylic acids is 2. The molecule has 1 saturated heterocycles. The molecule has 0 bridgehead atoms. The third-order valence-electron chi connectivity index (χ3n) is 2.34. The summed E-state index contributed by atoms with van der Waals surface area (Å²) < 4.78 is 30.9. The van der Waals surface area contributed by atoms with Gasteiger partial charge in [0.05, 0.1) is 6.61 Å². The van der Waals surface area contributed by atoms with Crippen LogP contribution in [-0.2, 0) is 34.0 Å². The van der Waals surface area contributed by atoms with Crippen LogP contribution in [0.2, 0.25) is 0 Å². The van der Waals surface area contributed by atoms with Crippen molar-refractivity contribution in [3.63, 3.8) is 0 Å². The molecule has 3 atom stereocenters. The topological polar surface area (TPSA) is 100 Å². The molecule has 8 nitrogen and oxygen atoms in total. The third-order valence-corrected chi connectivity index (χ3v) is 3.11. The number of hydrogen-bond acceptors (Lipinski definition) is 7. The van der Waals surface area contributed by atoms with Crippen LogP contribution in [0.1, 0.15) is 34.1 Å². The van der Waals surface area contributed by atoms with Crippen LogP contribution in [0.25, 0.3) is 0 Å². The van der Waals surface area contributed by atoms with Gasteiger partial charge in [-0.1, -0.05) is 0 Å². The molecule has 122 valence electrons. The lowest BCUT2D eigenvalue weighted by molar-refractivity contribution is -0.152. The molecule has 1 amide bonds. The molecule has 1 fully saturated rings. The minimum absolute atomic E-state index is 0.189. The molecule has 21 heavy (non-hydrogen) atoms. The van der Waals surface area contributed by atoms with Gasteiger partial charge >= 0.3 is 23.4 Å². The van der Waals surface area contributed by atoms with Gasteiger partial charge in [0, 0.05) is 6.54 Å². The fourth-order valence-electron chi connectivity index (χ4n) is 1.57. The third kappa shape index (κ3) is 6.40. The van der Waals surface area contributed by atoms with Crippen LogP contribution in [0.3, 0.4) is 0 Å². The molecule has 0 unspecified atom stereocenters. The zero-order valence-corrected chi connectivity index (χ0v) is 13.4. The maximum Gasteiger partial charge on any atom is 0.407 e. The van der Waals surface area contributed by atoms with Crippen LogP contribution >= 0.6 is 0 Å². The van der Waals surface area contributed by atoms with Crippen molar-refractivity contribution in [3.8, 4) is 0 Å². The van der Waals surface area contributed by atoms with Crippen LogP contribution in [0.15, 0.2) is 0 Å². The number of esters is 1. The number of nitrogens with one attached hydrogen (secondary N) is 1. The minimum Gasteiger partial charge on any atom is -0.464 e. The van der Waals surface area contributed by atoms with Crippen molar-refractivity contribution in [2.45, 2.75) is 51.9 Å². The highest BCUT2D eigenvalue weighted by Crippen LogP contribution is 2.21. The van der Waals surface area contributed by atoms with Gasteiger partial charge in [-0.05, 0) is 34.1 Å². The Morgan fingerprint density at radius 3 is 2.52 bits per heavy atom. The van der Waals surface area contributed by atoms with E-state index in [9.17, 15) is 13.8 Å². The average Bonchev–Trinajstić information content (AvgIpc) is 2.68. The fraction of sp³-hybridized carbons (Fsp3) is 0.833. The van der Waals surface area contributed by atoms with Gasteiger partial charge in [-0.25, -0.2) is 9.59 Å². The Morgan fingerprint density at radius 2 is 1.95 bits per heavy atom. The van der Waals surface area contributed by atoms with Crippen molar-refractivity contribution in [1.82, 2.24) is 5.32 Å². The van der Waals surface area contributed by atoms with E-state index in [-0.39, 0.29) is 19.6 Å². The summed E-state index contributed by atoms with van der Waals surface area (Å²) in [7, 11) is 0. The van der Waals surface area contributed by atoms with Crippen LogP contribution in [0.4, 0.5) is 4.79 Å². The van der Waals surface area contributed by atoms with E-state index >= 15 is 0 Å². The first kappa shape index (κ1) is 17.9. The van der Waals surface area contributed by atoms with E-state index in [1.165, 1.54) is 0 Å². The van der Waals surface area contributed by atoms with E-state index in [2.05, 4.69) is 5.32 Å². The van der Waals surface area contributed by atoms with Gasteiger partial charge in [-0.3, -0.25) is 8.37 Å². The van der Waals surface area contributed by atoms with Crippen LogP contribution < -0.4 is 5.32 Å². The minimum atomic E-state index is -1.98. The number of ether oxygens (including phenoxy) is 2.